The highest BCUT2D eigenvalue weighted by atomic mass is 32.2. The lowest BCUT2D eigenvalue weighted by atomic mass is 10.1. The highest BCUT2D eigenvalue weighted by molar-refractivity contribution is 7.99. The summed E-state index contributed by atoms with van der Waals surface area (Å²) in [5.74, 6) is 1.08. The van der Waals surface area contributed by atoms with E-state index in [1.807, 2.05) is 23.1 Å². The summed E-state index contributed by atoms with van der Waals surface area (Å²) >= 11 is 3.86. The maximum atomic E-state index is 6.29. The van der Waals surface area contributed by atoms with Gasteiger partial charge in [0.05, 0.1) is 11.4 Å². The van der Waals surface area contributed by atoms with Crippen LogP contribution < -0.4 is 5.73 Å². The van der Waals surface area contributed by atoms with Gasteiger partial charge in [-0.25, -0.2) is 0 Å². The predicted octanol–water partition coefficient (Wildman–Crippen LogP) is 3.75. The molecule has 1 aromatic heterocycles. The summed E-state index contributed by atoms with van der Waals surface area (Å²) in [7, 11) is 0. The van der Waals surface area contributed by atoms with Gasteiger partial charge in [-0.3, -0.25) is 0 Å². The van der Waals surface area contributed by atoms with Crippen molar-refractivity contribution >= 4 is 23.1 Å². The van der Waals surface area contributed by atoms with Crippen LogP contribution in [-0.2, 0) is 4.74 Å². The average molecular weight is 285 g/mol. The van der Waals surface area contributed by atoms with Gasteiger partial charge in [0.15, 0.2) is 0 Å². The predicted molar refractivity (Wildman–Crippen MR) is 81.5 cm³/mol. The van der Waals surface area contributed by atoms with Gasteiger partial charge in [0, 0.05) is 28.2 Å². The molecule has 0 aromatic carbocycles. The Bertz CT molecular complexity index is 360. The van der Waals surface area contributed by atoms with Gasteiger partial charge >= 0.3 is 0 Å². The summed E-state index contributed by atoms with van der Waals surface area (Å²) in [6.07, 6.45) is 3.90. The van der Waals surface area contributed by atoms with Gasteiger partial charge < -0.3 is 10.5 Å². The molecule has 18 heavy (non-hydrogen) atoms. The van der Waals surface area contributed by atoms with E-state index >= 15 is 0 Å². The number of thioether (sulfide) groups is 1. The Morgan fingerprint density at radius 3 is 2.94 bits per heavy atom. The van der Waals surface area contributed by atoms with Crippen molar-refractivity contribution in [1.29, 1.82) is 0 Å². The summed E-state index contributed by atoms with van der Waals surface area (Å²) in [6.45, 7) is 5.27. The normalized spacial score (nSPS) is 23.2. The number of thiophene rings is 1. The Morgan fingerprint density at radius 2 is 2.39 bits per heavy atom. The summed E-state index contributed by atoms with van der Waals surface area (Å²) < 4.78 is 5.70. The van der Waals surface area contributed by atoms with Crippen molar-refractivity contribution in [2.75, 3.05) is 12.4 Å². The molecule has 1 aliphatic rings. The minimum absolute atomic E-state index is 0.245. The van der Waals surface area contributed by atoms with Crippen LogP contribution in [-0.4, -0.2) is 24.5 Å². The summed E-state index contributed by atoms with van der Waals surface area (Å²) in [4.78, 5) is 2.79. The number of nitrogens with two attached hydrogens (primary N) is 1. The number of hydrogen-bond donors (Lipinski definition) is 1. The minimum atomic E-state index is 0.245. The van der Waals surface area contributed by atoms with Crippen molar-refractivity contribution in [3.63, 3.8) is 0 Å². The molecule has 1 aromatic rings. The van der Waals surface area contributed by atoms with E-state index < -0.39 is 0 Å². The maximum Gasteiger partial charge on any atom is 0.0666 e. The zero-order chi connectivity index (χ0) is 13.0. The van der Waals surface area contributed by atoms with E-state index in [0.29, 0.717) is 11.4 Å². The lowest BCUT2D eigenvalue weighted by molar-refractivity contribution is 0.128. The van der Waals surface area contributed by atoms with Crippen LogP contribution in [0.2, 0.25) is 0 Å². The van der Waals surface area contributed by atoms with E-state index in [2.05, 4.69) is 26.0 Å². The third-order valence-electron chi connectivity index (χ3n) is 3.39. The van der Waals surface area contributed by atoms with Gasteiger partial charge in [-0.15, -0.1) is 23.1 Å². The van der Waals surface area contributed by atoms with Gasteiger partial charge in [0.25, 0.3) is 0 Å². The topological polar surface area (TPSA) is 35.2 Å². The molecule has 102 valence electrons. The third-order valence-corrected chi connectivity index (χ3v) is 6.15. The molecular formula is C14H23NOS2. The van der Waals surface area contributed by atoms with E-state index in [1.54, 1.807) is 0 Å². The van der Waals surface area contributed by atoms with Crippen LogP contribution in [0.15, 0.2) is 12.1 Å². The Hall–Kier alpha value is -0.0300. The highest BCUT2D eigenvalue weighted by Crippen LogP contribution is 2.37. The third kappa shape index (κ3) is 3.73. The molecule has 0 aliphatic carbocycles. The summed E-state index contributed by atoms with van der Waals surface area (Å²) in [6, 6.07) is 4.68. The first-order chi connectivity index (χ1) is 8.70. The molecule has 0 radical (unpaired) electrons. The van der Waals surface area contributed by atoms with Gasteiger partial charge in [-0.2, -0.15) is 0 Å². The fourth-order valence-electron chi connectivity index (χ4n) is 2.22. The lowest BCUT2D eigenvalue weighted by Gasteiger charge is -2.22. The fourth-order valence-corrected chi connectivity index (χ4v) is 4.87. The molecule has 0 amide bonds. The molecule has 0 saturated carbocycles. The molecule has 1 aliphatic heterocycles. The van der Waals surface area contributed by atoms with Crippen molar-refractivity contribution < 1.29 is 4.74 Å². The highest BCUT2D eigenvalue weighted by Gasteiger charge is 2.24. The standard InChI is InChI=1S/C14H23NOS2/c1-3-12(15)14(13-7-6-10(2)18-13)17-9-11-5-4-8-16-11/h6-7,11-12,14H,3-5,8-9,15H2,1-2H3. The van der Waals surface area contributed by atoms with Crippen molar-refractivity contribution in [2.24, 2.45) is 5.73 Å². The molecule has 3 atom stereocenters. The van der Waals surface area contributed by atoms with Gasteiger partial charge in [-0.1, -0.05) is 6.92 Å². The minimum Gasteiger partial charge on any atom is -0.377 e. The zero-order valence-electron chi connectivity index (χ0n) is 11.2. The number of rotatable bonds is 6. The molecule has 0 bridgehead atoms. The summed E-state index contributed by atoms with van der Waals surface area (Å²) in [5.41, 5.74) is 6.29. The molecule has 2 heterocycles. The second kappa shape index (κ2) is 6.94. The van der Waals surface area contributed by atoms with E-state index in [4.69, 9.17) is 10.5 Å². The molecular weight excluding hydrogens is 262 g/mol. The number of aryl methyl sites for hydroxylation is 1. The second-order valence-corrected chi connectivity index (χ2v) is 7.40. The summed E-state index contributed by atoms with van der Waals surface area (Å²) in [5, 5.41) is 0.429. The Labute approximate surface area is 118 Å². The van der Waals surface area contributed by atoms with Crippen LogP contribution >= 0.6 is 23.1 Å². The smallest absolute Gasteiger partial charge is 0.0666 e. The van der Waals surface area contributed by atoms with Gasteiger partial charge in [0.2, 0.25) is 0 Å². The van der Waals surface area contributed by atoms with E-state index in [0.717, 1.165) is 18.8 Å². The first kappa shape index (κ1) is 14.4. The lowest BCUT2D eigenvalue weighted by Crippen LogP contribution is -2.26. The van der Waals surface area contributed by atoms with Crippen LogP contribution in [0.3, 0.4) is 0 Å². The second-order valence-electron chi connectivity index (χ2n) is 4.91. The average Bonchev–Trinajstić information content (AvgIpc) is 3.01. The van der Waals surface area contributed by atoms with Crippen LogP contribution in [0.5, 0.6) is 0 Å². The van der Waals surface area contributed by atoms with E-state index in [9.17, 15) is 0 Å². The van der Waals surface area contributed by atoms with Crippen molar-refractivity contribution in [1.82, 2.24) is 0 Å². The molecule has 3 unspecified atom stereocenters. The largest absolute Gasteiger partial charge is 0.377 e. The van der Waals surface area contributed by atoms with Crippen LogP contribution in [0.25, 0.3) is 0 Å². The molecule has 1 saturated heterocycles. The SMILES string of the molecule is CCC(N)C(SCC1CCCO1)c1ccc(C)s1. The Balaban J connectivity index is 1.96. The first-order valence-corrected chi connectivity index (χ1v) is 8.62. The van der Waals surface area contributed by atoms with Crippen molar-refractivity contribution in [3.8, 4) is 0 Å². The first-order valence-electron chi connectivity index (χ1n) is 6.75. The Morgan fingerprint density at radius 1 is 1.56 bits per heavy atom. The number of hydrogen-bond acceptors (Lipinski definition) is 4. The zero-order valence-corrected chi connectivity index (χ0v) is 12.9. The van der Waals surface area contributed by atoms with Gasteiger partial charge in [-0.05, 0) is 38.3 Å². The number of ether oxygens (including phenoxy) is 1. The van der Waals surface area contributed by atoms with Crippen molar-refractivity contribution in [2.45, 2.75) is 50.5 Å². The van der Waals surface area contributed by atoms with Crippen LogP contribution in [0, 0.1) is 6.92 Å². The maximum absolute atomic E-state index is 6.29. The monoisotopic (exact) mass is 285 g/mol. The van der Waals surface area contributed by atoms with Gasteiger partial charge in [0.1, 0.15) is 0 Å². The fraction of sp³-hybridized carbons (Fsp3) is 0.714. The molecule has 2 nitrogen and oxygen atoms in total. The molecule has 1 fully saturated rings. The van der Waals surface area contributed by atoms with Crippen molar-refractivity contribution in [3.05, 3.63) is 21.9 Å². The van der Waals surface area contributed by atoms with E-state index in [1.165, 1.54) is 22.6 Å². The van der Waals surface area contributed by atoms with Crippen LogP contribution in [0.4, 0.5) is 0 Å². The van der Waals surface area contributed by atoms with E-state index in [-0.39, 0.29) is 6.04 Å². The Kier molecular flexibility index (Phi) is 5.55. The quantitative estimate of drug-likeness (QED) is 0.864. The van der Waals surface area contributed by atoms with Crippen LogP contribution in [0.1, 0.15) is 41.2 Å². The molecule has 2 rings (SSSR count). The molecule has 2 N–H and O–H groups in total. The molecule has 4 heteroatoms. The molecule has 0 spiro atoms.